The van der Waals surface area contributed by atoms with Crippen LogP contribution in [0.5, 0.6) is 0 Å². The van der Waals surface area contributed by atoms with E-state index in [2.05, 4.69) is 12.2 Å². The highest BCUT2D eigenvalue weighted by Crippen LogP contribution is 2.11. The summed E-state index contributed by atoms with van der Waals surface area (Å²) < 4.78 is 11.0. The van der Waals surface area contributed by atoms with Gasteiger partial charge in [0.25, 0.3) is 0 Å². The third-order valence-corrected chi connectivity index (χ3v) is 3.18. The number of hydrogen-bond acceptors (Lipinski definition) is 2. The van der Waals surface area contributed by atoms with E-state index in [0.717, 1.165) is 31.9 Å². The summed E-state index contributed by atoms with van der Waals surface area (Å²) in [5.41, 5.74) is 0. The van der Waals surface area contributed by atoms with E-state index < -0.39 is 0 Å². The highest BCUT2D eigenvalue weighted by molar-refractivity contribution is 6.17. The maximum Gasteiger partial charge on any atom is 0.157 e. The number of hydrogen-bond donors (Lipinski definition) is 0. The Balaban J connectivity index is 3.28. The maximum absolute atomic E-state index is 5.60. The zero-order valence-corrected chi connectivity index (χ0v) is 13.5. The van der Waals surface area contributed by atoms with Gasteiger partial charge in [-0.05, 0) is 46.0 Å². The maximum atomic E-state index is 5.60. The quantitative estimate of drug-likeness (QED) is 0.187. The van der Waals surface area contributed by atoms with Crippen molar-refractivity contribution in [1.29, 1.82) is 0 Å². The molecule has 114 valence electrons. The zero-order valence-electron chi connectivity index (χ0n) is 12.7. The normalized spacial score (nSPS) is 11.8. The van der Waals surface area contributed by atoms with Crippen LogP contribution < -0.4 is 0 Å². The summed E-state index contributed by atoms with van der Waals surface area (Å²) in [4.78, 5) is 0. The molecule has 3 heteroatoms. The van der Waals surface area contributed by atoms with E-state index >= 15 is 0 Å². The minimum Gasteiger partial charge on any atom is -0.353 e. The SMILES string of the molecule is CCOC(CCCCCCC/C=C/CCCl)OCC. The second kappa shape index (κ2) is 16.0. The van der Waals surface area contributed by atoms with Gasteiger partial charge >= 0.3 is 0 Å². The van der Waals surface area contributed by atoms with Gasteiger partial charge in [-0.25, -0.2) is 0 Å². The first kappa shape index (κ1) is 18.9. The van der Waals surface area contributed by atoms with Crippen molar-refractivity contribution < 1.29 is 9.47 Å². The van der Waals surface area contributed by atoms with Crippen molar-refractivity contribution in [2.24, 2.45) is 0 Å². The molecule has 0 N–H and O–H groups in total. The van der Waals surface area contributed by atoms with Gasteiger partial charge in [0, 0.05) is 19.1 Å². The summed E-state index contributed by atoms with van der Waals surface area (Å²) in [6.45, 7) is 5.51. The van der Waals surface area contributed by atoms with Crippen molar-refractivity contribution in [3.05, 3.63) is 12.2 Å². The largest absolute Gasteiger partial charge is 0.353 e. The van der Waals surface area contributed by atoms with Crippen LogP contribution in [0, 0.1) is 0 Å². The van der Waals surface area contributed by atoms with E-state index in [-0.39, 0.29) is 6.29 Å². The van der Waals surface area contributed by atoms with Crippen LogP contribution >= 0.6 is 11.6 Å². The Morgan fingerprint density at radius 3 is 2.05 bits per heavy atom. The van der Waals surface area contributed by atoms with E-state index in [4.69, 9.17) is 21.1 Å². The molecule has 19 heavy (non-hydrogen) atoms. The van der Waals surface area contributed by atoms with Crippen molar-refractivity contribution in [1.82, 2.24) is 0 Å². The first-order chi connectivity index (χ1) is 9.35. The molecular formula is C16H31ClO2. The Bertz CT molecular complexity index is 189. The van der Waals surface area contributed by atoms with Crippen LogP contribution in [0.4, 0.5) is 0 Å². The van der Waals surface area contributed by atoms with Gasteiger partial charge in [-0.1, -0.05) is 31.4 Å². The summed E-state index contributed by atoms with van der Waals surface area (Å²) >= 11 is 5.60. The number of allylic oxidation sites excluding steroid dienone is 2. The molecule has 0 bridgehead atoms. The van der Waals surface area contributed by atoms with E-state index in [1.54, 1.807) is 0 Å². The number of unbranched alkanes of at least 4 members (excludes halogenated alkanes) is 5. The van der Waals surface area contributed by atoms with Crippen molar-refractivity contribution in [3.63, 3.8) is 0 Å². The molecule has 0 saturated carbocycles. The van der Waals surface area contributed by atoms with Crippen LogP contribution in [0.3, 0.4) is 0 Å². The molecule has 2 nitrogen and oxygen atoms in total. The topological polar surface area (TPSA) is 18.5 Å². The third-order valence-electron chi connectivity index (χ3n) is 2.96. The molecule has 0 aliphatic heterocycles. The number of ether oxygens (including phenoxy) is 2. The van der Waals surface area contributed by atoms with Crippen LogP contribution in [0.25, 0.3) is 0 Å². The summed E-state index contributed by atoms with van der Waals surface area (Å²) in [5.74, 6) is 0.733. The molecule has 0 rings (SSSR count). The van der Waals surface area contributed by atoms with Gasteiger partial charge in [0.2, 0.25) is 0 Å². The molecule has 0 aromatic carbocycles. The lowest BCUT2D eigenvalue weighted by atomic mass is 10.1. The molecule has 0 fully saturated rings. The van der Waals surface area contributed by atoms with E-state index in [1.165, 1.54) is 38.5 Å². The molecule has 0 saturated heterocycles. The predicted molar refractivity (Wildman–Crippen MR) is 83.8 cm³/mol. The van der Waals surface area contributed by atoms with Gasteiger partial charge in [0.1, 0.15) is 0 Å². The Labute approximate surface area is 124 Å². The minimum absolute atomic E-state index is 0.00786. The monoisotopic (exact) mass is 290 g/mol. The van der Waals surface area contributed by atoms with E-state index in [0.29, 0.717) is 0 Å². The van der Waals surface area contributed by atoms with Crippen molar-refractivity contribution in [2.45, 2.75) is 71.5 Å². The Morgan fingerprint density at radius 1 is 0.842 bits per heavy atom. The Kier molecular flexibility index (Phi) is 16.0. The standard InChI is InChI=1S/C16H31ClO2/c1-3-18-16(19-4-2)14-12-10-8-6-5-7-9-11-13-15-17/h9,11,16H,3-8,10,12-15H2,1-2H3/b11-9+. The second-order valence-corrected chi connectivity index (χ2v) is 5.01. The fourth-order valence-corrected chi connectivity index (χ4v) is 2.11. The smallest absolute Gasteiger partial charge is 0.157 e. The van der Waals surface area contributed by atoms with Gasteiger partial charge < -0.3 is 9.47 Å². The molecule has 0 spiro atoms. The molecular weight excluding hydrogens is 260 g/mol. The van der Waals surface area contributed by atoms with Gasteiger partial charge in [-0.3, -0.25) is 0 Å². The third kappa shape index (κ3) is 14.2. The van der Waals surface area contributed by atoms with Gasteiger partial charge in [-0.15, -0.1) is 11.6 Å². The summed E-state index contributed by atoms with van der Waals surface area (Å²) in [6, 6.07) is 0. The van der Waals surface area contributed by atoms with Crippen LogP contribution in [0.2, 0.25) is 0 Å². The van der Waals surface area contributed by atoms with Gasteiger partial charge in [0.05, 0.1) is 0 Å². The molecule has 0 amide bonds. The van der Waals surface area contributed by atoms with Gasteiger partial charge in [-0.2, -0.15) is 0 Å². The van der Waals surface area contributed by atoms with E-state index in [9.17, 15) is 0 Å². The first-order valence-electron chi connectivity index (χ1n) is 7.79. The predicted octanol–water partition coefficient (Wildman–Crippen LogP) is 5.30. The first-order valence-corrected chi connectivity index (χ1v) is 8.32. The van der Waals surface area contributed by atoms with Crippen LogP contribution in [0.1, 0.15) is 65.2 Å². The van der Waals surface area contributed by atoms with Crippen LogP contribution in [-0.2, 0) is 9.47 Å². The highest BCUT2D eigenvalue weighted by Gasteiger charge is 2.06. The molecule has 0 aliphatic rings. The highest BCUT2D eigenvalue weighted by atomic mass is 35.5. The van der Waals surface area contributed by atoms with Crippen molar-refractivity contribution in [3.8, 4) is 0 Å². The Hall–Kier alpha value is -0.0500. The molecule has 0 unspecified atom stereocenters. The summed E-state index contributed by atoms with van der Waals surface area (Å²) in [5, 5.41) is 0. The fraction of sp³-hybridized carbons (Fsp3) is 0.875. The fourth-order valence-electron chi connectivity index (χ4n) is 1.99. The molecule has 0 heterocycles. The molecule has 0 aromatic rings. The second-order valence-electron chi connectivity index (χ2n) is 4.63. The average molecular weight is 291 g/mol. The summed E-state index contributed by atoms with van der Waals surface area (Å²) in [6.07, 6.45) is 14.1. The number of alkyl halides is 1. The molecule has 0 atom stereocenters. The minimum atomic E-state index is 0.00786. The zero-order chi connectivity index (χ0) is 14.2. The van der Waals surface area contributed by atoms with E-state index in [1.807, 2.05) is 13.8 Å². The molecule has 0 aliphatic carbocycles. The van der Waals surface area contributed by atoms with Gasteiger partial charge in [0.15, 0.2) is 6.29 Å². The lowest BCUT2D eigenvalue weighted by Gasteiger charge is -2.16. The van der Waals surface area contributed by atoms with Crippen LogP contribution in [-0.4, -0.2) is 25.4 Å². The van der Waals surface area contributed by atoms with Crippen molar-refractivity contribution in [2.75, 3.05) is 19.1 Å². The lowest BCUT2D eigenvalue weighted by molar-refractivity contribution is -0.140. The average Bonchev–Trinajstić information content (AvgIpc) is 2.41. The molecule has 0 aromatic heterocycles. The number of halogens is 1. The van der Waals surface area contributed by atoms with Crippen molar-refractivity contribution >= 4 is 11.6 Å². The van der Waals surface area contributed by atoms with Crippen LogP contribution in [0.15, 0.2) is 12.2 Å². The molecule has 0 radical (unpaired) electrons. The Morgan fingerprint density at radius 2 is 1.42 bits per heavy atom. The summed E-state index contributed by atoms with van der Waals surface area (Å²) in [7, 11) is 0. The lowest BCUT2D eigenvalue weighted by Crippen LogP contribution is -2.17. The number of rotatable bonds is 14.